The van der Waals surface area contributed by atoms with Gasteiger partial charge in [0, 0.05) is 29.6 Å². The van der Waals surface area contributed by atoms with Gasteiger partial charge in [-0.15, -0.1) is 0 Å². The van der Waals surface area contributed by atoms with E-state index in [2.05, 4.69) is 10.3 Å². The van der Waals surface area contributed by atoms with Gasteiger partial charge in [0.05, 0.1) is 7.11 Å². The highest BCUT2D eigenvalue weighted by Gasteiger charge is 2.22. The summed E-state index contributed by atoms with van der Waals surface area (Å²) in [5, 5.41) is 3.77. The third-order valence-electron chi connectivity index (χ3n) is 4.50. The Morgan fingerprint density at radius 1 is 1.15 bits per heavy atom. The van der Waals surface area contributed by atoms with Crippen molar-refractivity contribution in [3.05, 3.63) is 77.5 Å². The highest BCUT2D eigenvalue weighted by atomic mass is 16.5. The quantitative estimate of drug-likeness (QED) is 0.522. The number of nitrogens with one attached hydrogen (secondary N) is 2. The number of fused-ring (bicyclic) bond motifs is 1. The second-order valence-corrected chi connectivity index (χ2v) is 6.34. The number of para-hydroxylation sites is 1. The number of rotatable bonds is 6. The number of benzene rings is 2. The Labute approximate surface area is 158 Å². The number of carbonyl (C=O) groups excluding carboxylic acids is 2. The highest BCUT2D eigenvalue weighted by Crippen LogP contribution is 2.19. The third kappa shape index (κ3) is 4.44. The summed E-state index contributed by atoms with van der Waals surface area (Å²) in [6.07, 6.45) is 5.38. The van der Waals surface area contributed by atoms with Crippen molar-refractivity contribution in [2.24, 2.45) is 0 Å². The summed E-state index contributed by atoms with van der Waals surface area (Å²) in [5.74, 6) is -0.814. The fourth-order valence-corrected chi connectivity index (χ4v) is 3.02. The number of amides is 1. The number of hydrogen-bond acceptors (Lipinski definition) is 3. The molecule has 5 nitrogen and oxygen atoms in total. The lowest BCUT2D eigenvalue weighted by atomic mass is 10.0. The van der Waals surface area contributed by atoms with E-state index in [4.69, 9.17) is 4.74 Å². The number of esters is 1. The van der Waals surface area contributed by atoms with Crippen molar-refractivity contribution in [3.8, 4) is 0 Å². The van der Waals surface area contributed by atoms with Gasteiger partial charge in [0.15, 0.2) is 0 Å². The van der Waals surface area contributed by atoms with Crippen LogP contribution in [0.2, 0.25) is 0 Å². The molecule has 0 spiro atoms. The Balaban J connectivity index is 1.74. The van der Waals surface area contributed by atoms with Crippen molar-refractivity contribution in [1.29, 1.82) is 0 Å². The van der Waals surface area contributed by atoms with Crippen molar-refractivity contribution >= 4 is 28.9 Å². The Bertz CT molecular complexity index is 988. The smallest absolute Gasteiger partial charge is 0.328 e. The number of aryl methyl sites for hydroxylation is 1. The molecule has 138 valence electrons. The van der Waals surface area contributed by atoms with E-state index < -0.39 is 12.0 Å². The summed E-state index contributed by atoms with van der Waals surface area (Å²) in [5.41, 5.74) is 3.97. The van der Waals surface area contributed by atoms with Gasteiger partial charge >= 0.3 is 5.97 Å². The van der Waals surface area contributed by atoms with E-state index in [1.54, 1.807) is 6.08 Å². The third-order valence-corrected chi connectivity index (χ3v) is 4.50. The van der Waals surface area contributed by atoms with Crippen LogP contribution in [0.4, 0.5) is 0 Å². The minimum Gasteiger partial charge on any atom is -0.467 e. The zero-order valence-electron chi connectivity index (χ0n) is 15.4. The molecule has 1 aromatic heterocycles. The molecule has 2 N–H and O–H groups in total. The van der Waals surface area contributed by atoms with Gasteiger partial charge in [-0.25, -0.2) is 4.79 Å². The van der Waals surface area contributed by atoms with Gasteiger partial charge in [0.25, 0.3) is 0 Å². The Morgan fingerprint density at radius 2 is 1.89 bits per heavy atom. The molecule has 0 saturated heterocycles. The molecule has 3 aromatic rings. The van der Waals surface area contributed by atoms with E-state index >= 15 is 0 Å². The van der Waals surface area contributed by atoms with Crippen LogP contribution in [0.3, 0.4) is 0 Å². The lowest BCUT2D eigenvalue weighted by Gasteiger charge is -2.15. The van der Waals surface area contributed by atoms with Crippen LogP contribution in [0.1, 0.15) is 16.7 Å². The lowest BCUT2D eigenvalue weighted by molar-refractivity contribution is -0.144. The Kier molecular flexibility index (Phi) is 5.71. The Hall–Kier alpha value is -3.34. The molecule has 0 bridgehead atoms. The summed E-state index contributed by atoms with van der Waals surface area (Å²) in [4.78, 5) is 27.7. The fraction of sp³-hybridized carbons (Fsp3) is 0.182. The molecule has 1 atom stereocenters. The fourth-order valence-electron chi connectivity index (χ4n) is 3.02. The summed E-state index contributed by atoms with van der Waals surface area (Å²) >= 11 is 0. The molecule has 0 unspecified atom stereocenters. The van der Waals surface area contributed by atoms with E-state index in [-0.39, 0.29) is 5.91 Å². The predicted octanol–water partition coefficient (Wildman–Crippen LogP) is 3.39. The summed E-state index contributed by atoms with van der Waals surface area (Å²) in [6, 6.07) is 14.8. The first kappa shape index (κ1) is 18.5. The molecule has 0 saturated carbocycles. The molecule has 2 aromatic carbocycles. The second-order valence-electron chi connectivity index (χ2n) is 6.34. The molecule has 0 radical (unpaired) electrons. The van der Waals surface area contributed by atoms with Crippen molar-refractivity contribution in [2.75, 3.05) is 7.11 Å². The van der Waals surface area contributed by atoms with Crippen LogP contribution < -0.4 is 5.32 Å². The molecular weight excluding hydrogens is 340 g/mol. The number of methoxy groups -OCH3 is 1. The second kappa shape index (κ2) is 8.36. The number of H-pyrrole nitrogens is 1. The molecule has 0 aliphatic heterocycles. The number of ether oxygens (including phenoxy) is 1. The molecule has 1 amide bonds. The van der Waals surface area contributed by atoms with Crippen molar-refractivity contribution in [2.45, 2.75) is 19.4 Å². The average Bonchev–Trinajstić information content (AvgIpc) is 3.09. The number of aromatic nitrogens is 1. The van der Waals surface area contributed by atoms with Crippen LogP contribution in [0.5, 0.6) is 0 Å². The van der Waals surface area contributed by atoms with Gasteiger partial charge in [0.1, 0.15) is 6.04 Å². The maximum Gasteiger partial charge on any atom is 0.328 e. The van der Waals surface area contributed by atoms with E-state index in [9.17, 15) is 9.59 Å². The van der Waals surface area contributed by atoms with Gasteiger partial charge in [-0.05, 0) is 35.8 Å². The summed E-state index contributed by atoms with van der Waals surface area (Å²) < 4.78 is 4.87. The van der Waals surface area contributed by atoms with Gasteiger partial charge < -0.3 is 15.0 Å². The minimum absolute atomic E-state index is 0.339. The molecule has 0 aliphatic carbocycles. The van der Waals surface area contributed by atoms with Crippen LogP contribution in [-0.2, 0) is 20.7 Å². The topological polar surface area (TPSA) is 71.2 Å². The van der Waals surface area contributed by atoms with E-state index in [0.29, 0.717) is 6.42 Å². The van der Waals surface area contributed by atoms with Crippen LogP contribution in [0.15, 0.2) is 60.8 Å². The van der Waals surface area contributed by atoms with Gasteiger partial charge in [0.2, 0.25) is 5.91 Å². The largest absolute Gasteiger partial charge is 0.467 e. The normalized spacial score (nSPS) is 12.2. The zero-order chi connectivity index (χ0) is 19.2. The van der Waals surface area contributed by atoms with E-state index in [0.717, 1.165) is 27.6 Å². The van der Waals surface area contributed by atoms with Crippen molar-refractivity contribution < 1.29 is 14.3 Å². The molecule has 0 aliphatic rings. The monoisotopic (exact) mass is 362 g/mol. The average molecular weight is 362 g/mol. The van der Waals surface area contributed by atoms with E-state index in [1.807, 2.05) is 61.7 Å². The molecular formula is C22H22N2O3. The standard InChI is InChI=1S/C22H22N2O3/c1-15-7-3-4-8-16(15)11-12-21(25)24-20(22(26)27-2)13-17-14-23-19-10-6-5-9-18(17)19/h3-12,14,20,23H,13H2,1-2H3,(H,24,25)/b12-11+/t20-/m0/s1. The summed E-state index contributed by atoms with van der Waals surface area (Å²) in [6.45, 7) is 1.98. The Morgan fingerprint density at radius 3 is 2.67 bits per heavy atom. The van der Waals surface area contributed by atoms with Gasteiger partial charge in [-0.2, -0.15) is 0 Å². The molecule has 0 fully saturated rings. The van der Waals surface area contributed by atoms with Crippen molar-refractivity contribution in [3.63, 3.8) is 0 Å². The lowest BCUT2D eigenvalue weighted by Crippen LogP contribution is -2.42. The molecule has 1 heterocycles. The van der Waals surface area contributed by atoms with Gasteiger partial charge in [-0.1, -0.05) is 42.5 Å². The predicted molar refractivity (Wildman–Crippen MR) is 106 cm³/mol. The van der Waals surface area contributed by atoms with Gasteiger partial charge in [-0.3, -0.25) is 4.79 Å². The maximum atomic E-state index is 12.3. The minimum atomic E-state index is -0.761. The first-order valence-electron chi connectivity index (χ1n) is 8.75. The molecule has 27 heavy (non-hydrogen) atoms. The molecule has 3 rings (SSSR count). The zero-order valence-corrected chi connectivity index (χ0v) is 15.4. The number of carbonyl (C=O) groups is 2. The molecule has 5 heteroatoms. The van der Waals surface area contributed by atoms with Crippen molar-refractivity contribution in [1.82, 2.24) is 10.3 Å². The van der Waals surface area contributed by atoms with Crippen LogP contribution >= 0.6 is 0 Å². The van der Waals surface area contributed by atoms with Crippen LogP contribution in [0.25, 0.3) is 17.0 Å². The van der Waals surface area contributed by atoms with E-state index in [1.165, 1.54) is 13.2 Å². The first-order chi connectivity index (χ1) is 13.1. The maximum absolute atomic E-state index is 12.3. The highest BCUT2D eigenvalue weighted by molar-refractivity contribution is 5.95. The number of aromatic amines is 1. The number of hydrogen-bond donors (Lipinski definition) is 2. The SMILES string of the molecule is COC(=O)[C@H](Cc1c[nH]c2ccccc12)NC(=O)/C=C/c1ccccc1C. The van der Waals surface area contributed by atoms with Crippen LogP contribution in [0, 0.1) is 6.92 Å². The first-order valence-corrected chi connectivity index (χ1v) is 8.75. The van der Waals surface area contributed by atoms with Crippen LogP contribution in [-0.4, -0.2) is 30.0 Å². The summed E-state index contributed by atoms with van der Waals surface area (Å²) in [7, 11) is 1.32.